The zero-order valence-corrected chi connectivity index (χ0v) is 11.6. The molecule has 1 aliphatic rings. The Morgan fingerprint density at radius 3 is 2.86 bits per heavy atom. The van der Waals surface area contributed by atoms with Gasteiger partial charge in [0.1, 0.15) is 6.61 Å². The number of hydrogen-bond donors (Lipinski definition) is 2. The predicted octanol–water partition coefficient (Wildman–Crippen LogP) is 1.13. The Kier molecular flexibility index (Phi) is 3.62. The van der Waals surface area contributed by atoms with Crippen molar-refractivity contribution in [3.05, 3.63) is 51.7 Å². The minimum atomic E-state index is -0.450. The number of aliphatic hydroxyl groups is 1. The van der Waals surface area contributed by atoms with Crippen LogP contribution in [0.15, 0.2) is 29.1 Å². The van der Waals surface area contributed by atoms with E-state index in [4.69, 9.17) is 14.6 Å². The van der Waals surface area contributed by atoms with Crippen molar-refractivity contribution in [2.75, 3.05) is 13.2 Å². The first kappa shape index (κ1) is 13.6. The molecule has 0 saturated heterocycles. The fraction of sp³-hybridized carbons (Fsp3) is 0.333. The fourth-order valence-corrected chi connectivity index (χ4v) is 2.35. The first-order chi connectivity index (χ1) is 10.2. The molecule has 1 aromatic carbocycles. The number of rotatable bonds is 3. The number of aryl methyl sites for hydroxylation is 1. The number of ether oxygens (including phenoxy) is 2. The van der Waals surface area contributed by atoms with Crippen molar-refractivity contribution in [1.29, 1.82) is 0 Å². The molecule has 3 rings (SSSR count). The number of aromatic nitrogens is 2. The standard InChI is InChI=1S/C15H16N2O4/c1-9-10(6-7-18)15(19)17-14(16-9)13-8-20-11-4-2-3-5-12(11)21-13/h2-5,13,18H,6-8H2,1H3,(H,16,17,19). The third-order valence-corrected chi connectivity index (χ3v) is 3.42. The largest absolute Gasteiger partial charge is 0.485 e. The van der Waals surface area contributed by atoms with E-state index in [0.29, 0.717) is 41.6 Å². The molecule has 6 nitrogen and oxygen atoms in total. The molecule has 110 valence electrons. The molecule has 1 atom stereocenters. The normalized spacial score (nSPS) is 16.8. The van der Waals surface area contributed by atoms with E-state index in [9.17, 15) is 4.79 Å². The second-order valence-corrected chi connectivity index (χ2v) is 4.85. The zero-order chi connectivity index (χ0) is 14.8. The molecule has 1 unspecified atom stereocenters. The predicted molar refractivity (Wildman–Crippen MR) is 75.7 cm³/mol. The van der Waals surface area contributed by atoms with E-state index < -0.39 is 6.10 Å². The molecule has 0 bridgehead atoms. The summed E-state index contributed by atoms with van der Waals surface area (Å²) in [5.41, 5.74) is 0.859. The van der Waals surface area contributed by atoms with Crippen molar-refractivity contribution in [2.45, 2.75) is 19.4 Å². The molecule has 6 heteroatoms. The van der Waals surface area contributed by atoms with Crippen molar-refractivity contribution in [3.8, 4) is 11.5 Å². The molecule has 21 heavy (non-hydrogen) atoms. The number of nitrogens with zero attached hydrogens (tertiary/aromatic N) is 1. The lowest BCUT2D eigenvalue weighted by molar-refractivity contribution is 0.0847. The first-order valence-corrected chi connectivity index (χ1v) is 6.78. The second-order valence-electron chi connectivity index (χ2n) is 4.85. The lowest BCUT2D eigenvalue weighted by Crippen LogP contribution is -2.28. The number of para-hydroxylation sites is 2. The smallest absolute Gasteiger partial charge is 0.254 e. The van der Waals surface area contributed by atoms with Crippen molar-refractivity contribution in [2.24, 2.45) is 0 Å². The molecule has 0 aliphatic carbocycles. The molecular formula is C15H16N2O4. The van der Waals surface area contributed by atoms with E-state index in [1.807, 2.05) is 24.3 Å². The number of hydrogen-bond acceptors (Lipinski definition) is 5. The number of nitrogens with one attached hydrogen (secondary N) is 1. The Labute approximate surface area is 121 Å². The van der Waals surface area contributed by atoms with Crippen molar-refractivity contribution < 1.29 is 14.6 Å². The van der Waals surface area contributed by atoms with E-state index in [2.05, 4.69) is 9.97 Å². The highest BCUT2D eigenvalue weighted by Crippen LogP contribution is 2.34. The highest BCUT2D eigenvalue weighted by atomic mass is 16.6. The lowest BCUT2D eigenvalue weighted by Gasteiger charge is -2.25. The van der Waals surface area contributed by atoms with Crippen LogP contribution in [0.2, 0.25) is 0 Å². The summed E-state index contributed by atoms with van der Waals surface area (Å²) < 4.78 is 11.4. The molecule has 0 fully saturated rings. The number of benzene rings is 1. The van der Waals surface area contributed by atoms with Crippen LogP contribution < -0.4 is 15.0 Å². The fourth-order valence-electron chi connectivity index (χ4n) is 2.35. The van der Waals surface area contributed by atoms with Gasteiger partial charge in [-0.15, -0.1) is 0 Å². The monoisotopic (exact) mass is 288 g/mol. The van der Waals surface area contributed by atoms with Gasteiger partial charge in [0, 0.05) is 24.3 Å². The topological polar surface area (TPSA) is 84.4 Å². The Morgan fingerprint density at radius 2 is 2.14 bits per heavy atom. The minimum absolute atomic E-state index is 0.0820. The Hall–Kier alpha value is -2.34. The molecule has 0 radical (unpaired) electrons. The van der Waals surface area contributed by atoms with Gasteiger partial charge in [0.15, 0.2) is 23.4 Å². The van der Waals surface area contributed by atoms with E-state index in [-0.39, 0.29) is 12.2 Å². The van der Waals surface area contributed by atoms with Crippen molar-refractivity contribution in [3.63, 3.8) is 0 Å². The van der Waals surface area contributed by atoms with E-state index in [1.165, 1.54) is 0 Å². The van der Waals surface area contributed by atoms with Gasteiger partial charge in [-0.2, -0.15) is 0 Å². The van der Waals surface area contributed by atoms with Crippen LogP contribution in [-0.2, 0) is 6.42 Å². The quantitative estimate of drug-likeness (QED) is 0.884. The van der Waals surface area contributed by atoms with Crippen LogP contribution in [0, 0.1) is 6.92 Å². The summed E-state index contributed by atoms with van der Waals surface area (Å²) in [6.07, 6.45) is -0.159. The molecule has 2 aromatic rings. The van der Waals surface area contributed by atoms with Crippen LogP contribution in [0.4, 0.5) is 0 Å². The van der Waals surface area contributed by atoms with Gasteiger partial charge in [-0.05, 0) is 19.1 Å². The van der Waals surface area contributed by atoms with Gasteiger partial charge >= 0.3 is 0 Å². The molecule has 2 N–H and O–H groups in total. The highest BCUT2D eigenvalue weighted by molar-refractivity contribution is 5.41. The summed E-state index contributed by atoms with van der Waals surface area (Å²) in [4.78, 5) is 19.1. The van der Waals surface area contributed by atoms with Crippen LogP contribution in [0.25, 0.3) is 0 Å². The number of aromatic amines is 1. The number of aliphatic hydroxyl groups excluding tert-OH is 1. The molecule has 0 amide bonds. The van der Waals surface area contributed by atoms with Gasteiger partial charge in [0.05, 0.1) is 0 Å². The zero-order valence-electron chi connectivity index (χ0n) is 11.6. The average molecular weight is 288 g/mol. The van der Waals surface area contributed by atoms with Gasteiger partial charge < -0.3 is 19.6 Å². The van der Waals surface area contributed by atoms with E-state index in [1.54, 1.807) is 6.92 Å². The SMILES string of the molecule is Cc1nc(C2COc3ccccc3O2)[nH]c(=O)c1CCO. The van der Waals surface area contributed by atoms with Crippen LogP contribution >= 0.6 is 0 Å². The third-order valence-electron chi connectivity index (χ3n) is 3.42. The molecule has 1 aliphatic heterocycles. The maximum atomic E-state index is 12.0. The van der Waals surface area contributed by atoms with E-state index in [0.717, 1.165) is 0 Å². The Morgan fingerprint density at radius 1 is 1.38 bits per heavy atom. The second kappa shape index (κ2) is 5.57. The summed E-state index contributed by atoms with van der Waals surface area (Å²) in [7, 11) is 0. The van der Waals surface area contributed by atoms with Crippen LogP contribution in [-0.4, -0.2) is 28.3 Å². The maximum absolute atomic E-state index is 12.0. The number of H-pyrrole nitrogens is 1. The Balaban J connectivity index is 1.91. The maximum Gasteiger partial charge on any atom is 0.254 e. The van der Waals surface area contributed by atoms with Crippen LogP contribution in [0.5, 0.6) is 11.5 Å². The molecule has 1 aromatic heterocycles. The molecule has 0 spiro atoms. The van der Waals surface area contributed by atoms with E-state index >= 15 is 0 Å². The first-order valence-electron chi connectivity index (χ1n) is 6.78. The molecular weight excluding hydrogens is 272 g/mol. The Bertz CT molecular complexity index is 711. The molecule has 2 heterocycles. The van der Waals surface area contributed by atoms with Gasteiger partial charge in [-0.1, -0.05) is 12.1 Å². The van der Waals surface area contributed by atoms with Gasteiger partial charge in [0.25, 0.3) is 5.56 Å². The summed E-state index contributed by atoms with van der Waals surface area (Å²) in [6, 6.07) is 7.37. The van der Waals surface area contributed by atoms with Crippen LogP contribution in [0.1, 0.15) is 23.2 Å². The summed E-state index contributed by atoms with van der Waals surface area (Å²) in [5.74, 6) is 1.76. The van der Waals surface area contributed by atoms with Gasteiger partial charge in [-0.25, -0.2) is 4.98 Å². The summed E-state index contributed by atoms with van der Waals surface area (Å²) in [5, 5.41) is 8.97. The highest BCUT2D eigenvalue weighted by Gasteiger charge is 2.25. The minimum Gasteiger partial charge on any atom is -0.485 e. The van der Waals surface area contributed by atoms with Crippen molar-refractivity contribution >= 4 is 0 Å². The average Bonchev–Trinajstić information content (AvgIpc) is 2.50. The summed E-state index contributed by atoms with van der Waals surface area (Å²) in [6.45, 7) is 1.96. The van der Waals surface area contributed by atoms with Crippen LogP contribution in [0.3, 0.4) is 0 Å². The van der Waals surface area contributed by atoms with Gasteiger partial charge in [-0.3, -0.25) is 4.79 Å². The third kappa shape index (κ3) is 2.62. The lowest BCUT2D eigenvalue weighted by atomic mass is 10.1. The number of fused-ring (bicyclic) bond motifs is 1. The molecule has 0 saturated carbocycles. The van der Waals surface area contributed by atoms with Gasteiger partial charge in [0.2, 0.25) is 0 Å². The summed E-state index contributed by atoms with van der Waals surface area (Å²) >= 11 is 0. The van der Waals surface area contributed by atoms with Crippen molar-refractivity contribution in [1.82, 2.24) is 9.97 Å².